The molecule has 0 aliphatic carbocycles. The summed E-state index contributed by atoms with van der Waals surface area (Å²) in [5, 5.41) is 13.1. The van der Waals surface area contributed by atoms with Gasteiger partial charge in [-0.1, -0.05) is 11.6 Å². The molecule has 1 saturated heterocycles. The number of halogens is 4. The molecule has 160 valence electrons. The summed E-state index contributed by atoms with van der Waals surface area (Å²) in [5.74, 6) is -1.70. The van der Waals surface area contributed by atoms with Crippen molar-refractivity contribution in [3.8, 4) is 5.75 Å². The Labute approximate surface area is 176 Å². The number of nitrogens with one attached hydrogen (secondary N) is 1. The molecule has 2 aromatic carbocycles. The van der Waals surface area contributed by atoms with Crippen LogP contribution in [0.3, 0.4) is 0 Å². The Morgan fingerprint density at radius 1 is 1.10 bits per heavy atom. The second-order valence-corrected chi connectivity index (χ2v) is 8.07. The van der Waals surface area contributed by atoms with Crippen LogP contribution in [-0.4, -0.2) is 36.3 Å². The van der Waals surface area contributed by atoms with E-state index in [-0.39, 0.29) is 48.2 Å². The summed E-state index contributed by atoms with van der Waals surface area (Å²) in [6.07, 6.45) is 1.13. The summed E-state index contributed by atoms with van der Waals surface area (Å²) in [5.41, 5.74) is -0.389. The Hall–Kier alpha value is -2.45. The average molecular weight is 441 g/mol. The molecule has 2 aliphatic rings. The maximum Gasteiger partial charge on any atom is 0.224 e. The predicted octanol–water partition coefficient (Wildman–Crippen LogP) is 4.05. The van der Waals surface area contributed by atoms with Gasteiger partial charge in [-0.15, -0.1) is 0 Å². The monoisotopic (exact) mass is 440 g/mol. The lowest BCUT2D eigenvalue weighted by Crippen LogP contribution is -2.48. The van der Waals surface area contributed by atoms with Crippen LogP contribution in [0.15, 0.2) is 24.3 Å². The lowest BCUT2D eigenvalue weighted by molar-refractivity contribution is -0.116. The van der Waals surface area contributed by atoms with Crippen molar-refractivity contribution in [3.05, 3.63) is 52.3 Å². The fourth-order valence-electron chi connectivity index (χ4n) is 3.83. The number of hydrogen-bond acceptors (Lipinski definition) is 4. The number of benzene rings is 2. The first-order valence-electron chi connectivity index (χ1n) is 9.62. The number of rotatable bonds is 4. The molecule has 0 aromatic heterocycles. The molecule has 0 radical (unpaired) electrons. The highest BCUT2D eigenvalue weighted by molar-refractivity contribution is 6.30. The fourth-order valence-corrected chi connectivity index (χ4v) is 3.98. The van der Waals surface area contributed by atoms with Crippen LogP contribution in [0.1, 0.15) is 24.8 Å². The molecule has 0 bridgehead atoms. The molecule has 2 aromatic rings. The van der Waals surface area contributed by atoms with Gasteiger partial charge in [0.15, 0.2) is 0 Å². The molecule has 4 rings (SSSR count). The van der Waals surface area contributed by atoms with E-state index in [9.17, 15) is 23.1 Å². The first-order valence-corrected chi connectivity index (χ1v) is 9.99. The van der Waals surface area contributed by atoms with E-state index in [2.05, 4.69) is 5.32 Å². The van der Waals surface area contributed by atoms with Gasteiger partial charge < -0.3 is 20.1 Å². The van der Waals surface area contributed by atoms with Crippen LogP contribution in [0.2, 0.25) is 5.02 Å². The second kappa shape index (κ2) is 8.00. The maximum atomic E-state index is 14.2. The van der Waals surface area contributed by atoms with Crippen LogP contribution in [0.4, 0.5) is 24.5 Å². The van der Waals surface area contributed by atoms with Crippen molar-refractivity contribution in [1.82, 2.24) is 0 Å². The third kappa shape index (κ3) is 4.06. The summed E-state index contributed by atoms with van der Waals surface area (Å²) in [4.78, 5) is 13.2. The third-order valence-electron chi connectivity index (χ3n) is 5.61. The van der Waals surface area contributed by atoms with Gasteiger partial charge in [-0.3, -0.25) is 4.79 Å². The van der Waals surface area contributed by atoms with Gasteiger partial charge in [0.1, 0.15) is 35.4 Å². The molecule has 5 nitrogen and oxygen atoms in total. The van der Waals surface area contributed by atoms with Crippen LogP contribution < -0.4 is 15.0 Å². The maximum absolute atomic E-state index is 14.2. The second-order valence-electron chi connectivity index (χ2n) is 7.67. The van der Waals surface area contributed by atoms with Crippen LogP contribution in [-0.2, 0) is 11.2 Å². The molecule has 2 aliphatic heterocycles. The number of carbonyl (C=O) groups excluding carboxylic acids is 1. The van der Waals surface area contributed by atoms with Crippen molar-refractivity contribution in [2.75, 3.05) is 29.9 Å². The van der Waals surface area contributed by atoms with Crippen molar-refractivity contribution in [2.45, 2.75) is 31.3 Å². The number of hydrogen-bond donors (Lipinski definition) is 2. The van der Waals surface area contributed by atoms with Crippen molar-refractivity contribution < 1.29 is 27.8 Å². The summed E-state index contributed by atoms with van der Waals surface area (Å²) in [6, 6.07) is 4.69. The zero-order valence-corrected chi connectivity index (χ0v) is 16.7. The van der Waals surface area contributed by atoms with Gasteiger partial charge in [-0.2, -0.15) is 0 Å². The van der Waals surface area contributed by atoms with Crippen LogP contribution in [0, 0.1) is 17.5 Å². The highest BCUT2D eigenvalue weighted by atomic mass is 35.5. The molecule has 1 fully saturated rings. The molecule has 0 saturated carbocycles. The van der Waals surface area contributed by atoms with E-state index in [4.69, 9.17) is 16.3 Å². The van der Waals surface area contributed by atoms with E-state index in [1.165, 1.54) is 12.1 Å². The number of nitrogens with zero attached hydrogens (tertiary/aromatic N) is 1. The number of carbonyl (C=O) groups is 1. The van der Waals surface area contributed by atoms with E-state index in [0.29, 0.717) is 30.8 Å². The van der Waals surface area contributed by atoms with Gasteiger partial charge in [0.05, 0.1) is 16.4 Å². The van der Waals surface area contributed by atoms with Crippen LogP contribution in [0.25, 0.3) is 0 Å². The Kier molecular flexibility index (Phi) is 5.55. The molecule has 0 atom stereocenters. The lowest BCUT2D eigenvalue weighted by atomic mass is 9.92. The van der Waals surface area contributed by atoms with E-state index < -0.39 is 23.1 Å². The van der Waals surface area contributed by atoms with Gasteiger partial charge in [0, 0.05) is 31.1 Å². The van der Waals surface area contributed by atoms with Crippen molar-refractivity contribution >= 4 is 28.9 Å². The minimum absolute atomic E-state index is 0.0374. The zero-order valence-electron chi connectivity index (χ0n) is 16.0. The van der Waals surface area contributed by atoms with E-state index in [1.54, 1.807) is 4.90 Å². The first kappa shape index (κ1) is 20.8. The highest BCUT2D eigenvalue weighted by Crippen LogP contribution is 2.35. The Bertz CT molecular complexity index is 994. The summed E-state index contributed by atoms with van der Waals surface area (Å²) < 4.78 is 47.7. The van der Waals surface area contributed by atoms with Gasteiger partial charge >= 0.3 is 0 Å². The van der Waals surface area contributed by atoms with Crippen LogP contribution >= 0.6 is 11.6 Å². The predicted molar refractivity (Wildman–Crippen MR) is 107 cm³/mol. The average Bonchev–Trinajstić information content (AvgIpc) is 2.71. The van der Waals surface area contributed by atoms with E-state index in [0.717, 1.165) is 12.1 Å². The standard InChI is InChI=1S/C21H20ClF3N2O3/c22-13-9-16(25)17(10-15(13)24)27-7-5-21(29,6-8-27)11-30-18-3-2-14(23)20-12(18)1-4-19(28)26-20/h2-3,9-10,29H,1,4-8,11H2,(H,26,28). The number of amides is 1. The van der Waals surface area contributed by atoms with E-state index >= 15 is 0 Å². The van der Waals surface area contributed by atoms with Crippen molar-refractivity contribution in [3.63, 3.8) is 0 Å². The molecule has 1 amide bonds. The summed E-state index contributed by atoms with van der Waals surface area (Å²) >= 11 is 5.60. The Balaban J connectivity index is 1.42. The third-order valence-corrected chi connectivity index (χ3v) is 5.90. The molecule has 30 heavy (non-hydrogen) atoms. The minimum atomic E-state index is -1.17. The minimum Gasteiger partial charge on any atom is -0.490 e. The number of fused-ring (bicyclic) bond motifs is 1. The number of ether oxygens (including phenoxy) is 1. The topological polar surface area (TPSA) is 61.8 Å². The molecular weight excluding hydrogens is 421 g/mol. The van der Waals surface area contributed by atoms with E-state index in [1.807, 2.05) is 0 Å². The van der Waals surface area contributed by atoms with Crippen molar-refractivity contribution in [2.24, 2.45) is 0 Å². The molecule has 2 heterocycles. The summed E-state index contributed by atoms with van der Waals surface area (Å²) in [7, 11) is 0. The number of anilines is 2. The number of piperidine rings is 1. The first-order chi connectivity index (χ1) is 14.3. The van der Waals surface area contributed by atoms with Gasteiger partial charge in [0.25, 0.3) is 0 Å². The lowest BCUT2D eigenvalue weighted by Gasteiger charge is -2.39. The Morgan fingerprint density at radius 3 is 2.57 bits per heavy atom. The summed E-state index contributed by atoms with van der Waals surface area (Å²) in [6.45, 7) is 0.565. The molecule has 9 heteroatoms. The van der Waals surface area contributed by atoms with Gasteiger partial charge in [0.2, 0.25) is 5.91 Å². The van der Waals surface area contributed by atoms with Crippen LogP contribution in [0.5, 0.6) is 5.75 Å². The smallest absolute Gasteiger partial charge is 0.224 e. The largest absolute Gasteiger partial charge is 0.490 e. The van der Waals surface area contributed by atoms with Gasteiger partial charge in [-0.05, 0) is 37.5 Å². The molecular formula is C21H20ClF3N2O3. The SMILES string of the molecule is O=C1CCc2c(OCC3(O)CCN(c4cc(F)c(Cl)cc4F)CC3)ccc(F)c2N1. The van der Waals surface area contributed by atoms with Crippen molar-refractivity contribution in [1.29, 1.82) is 0 Å². The fraction of sp³-hybridized carbons (Fsp3) is 0.381. The Morgan fingerprint density at radius 2 is 1.83 bits per heavy atom. The molecule has 0 unspecified atom stereocenters. The normalized spacial score (nSPS) is 18.0. The molecule has 2 N–H and O–H groups in total. The molecule has 0 spiro atoms. The quantitative estimate of drug-likeness (QED) is 0.704. The highest BCUT2D eigenvalue weighted by Gasteiger charge is 2.35. The van der Waals surface area contributed by atoms with Gasteiger partial charge in [-0.25, -0.2) is 13.2 Å². The zero-order chi connectivity index (χ0) is 21.5. The number of aliphatic hydroxyl groups is 1.